The molecule has 0 atom stereocenters. The molecular weight excluding hydrogens is 329 g/mol. The maximum Gasteiger partial charge on any atom is 0.416 e. The minimum Gasteiger partial charge on any atom is -0.372 e. The summed E-state index contributed by atoms with van der Waals surface area (Å²) in [6.07, 6.45) is -4.34. The first kappa shape index (κ1) is 18.8. The molecule has 3 nitrogen and oxygen atoms in total. The van der Waals surface area contributed by atoms with E-state index in [0.717, 1.165) is 30.9 Å². The average Bonchev–Trinajstić information content (AvgIpc) is 2.57. The number of nitrogens with zero attached hydrogens (tertiary/aromatic N) is 1. The van der Waals surface area contributed by atoms with E-state index < -0.39 is 11.7 Å². The molecule has 0 aromatic heterocycles. The van der Waals surface area contributed by atoms with Gasteiger partial charge in [0, 0.05) is 24.5 Å². The number of benzene rings is 2. The van der Waals surface area contributed by atoms with Crippen molar-refractivity contribution in [3.05, 3.63) is 59.7 Å². The first-order valence-electron chi connectivity index (χ1n) is 8.14. The Morgan fingerprint density at radius 1 is 0.960 bits per heavy atom. The van der Waals surface area contributed by atoms with Crippen molar-refractivity contribution in [3.8, 4) is 0 Å². The monoisotopic (exact) mass is 350 g/mol. The molecule has 25 heavy (non-hydrogen) atoms. The molecule has 0 heterocycles. The van der Waals surface area contributed by atoms with Gasteiger partial charge in [-0.15, -0.1) is 0 Å². The van der Waals surface area contributed by atoms with E-state index in [0.29, 0.717) is 11.3 Å². The first-order valence-corrected chi connectivity index (χ1v) is 8.14. The molecule has 0 saturated carbocycles. The summed E-state index contributed by atoms with van der Waals surface area (Å²) in [5.74, 6) is -0.268. The van der Waals surface area contributed by atoms with Gasteiger partial charge in [-0.1, -0.05) is 12.1 Å². The Bertz CT molecular complexity index is 690. The highest BCUT2D eigenvalue weighted by molar-refractivity contribution is 5.92. The van der Waals surface area contributed by atoms with Crippen LogP contribution in [0.15, 0.2) is 48.5 Å². The highest BCUT2D eigenvalue weighted by Gasteiger charge is 2.29. The van der Waals surface area contributed by atoms with Gasteiger partial charge in [0.1, 0.15) is 0 Å². The van der Waals surface area contributed by atoms with Crippen molar-refractivity contribution in [2.45, 2.75) is 26.4 Å². The number of alkyl halides is 3. The predicted molar refractivity (Wildman–Crippen MR) is 93.8 cm³/mol. The maximum absolute atomic E-state index is 12.5. The Hall–Kier alpha value is -2.50. The predicted octanol–water partition coefficient (Wildman–Crippen LogP) is 4.73. The number of carbonyl (C=O) groups is 1. The fourth-order valence-electron chi connectivity index (χ4n) is 2.55. The van der Waals surface area contributed by atoms with E-state index >= 15 is 0 Å². The van der Waals surface area contributed by atoms with Crippen LogP contribution in [0.5, 0.6) is 0 Å². The standard InChI is InChI=1S/C19H21F3N2O/c1-3-24(4-2)17-11-9-16(10-12-17)23-18(25)13-14-5-7-15(8-6-14)19(20,21)22/h5-12H,3-4,13H2,1-2H3,(H,23,25). The Labute approximate surface area is 145 Å². The highest BCUT2D eigenvalue weighted by atomic mass is 19.4. The molecule has 1 amide bonds. The number of amides is 1. The summed E-state index contributed by atoms with van der Waals surface area (Å²) in [4.78, 5) is 14.2. The molecule has 1 N–H and O–H groups in total. The van der Waals surface area contributed by atoms with E-state index in [1.54, 1.807) is 0 Å². The zero-order chi connectivity index (χ0) is 18.4. The van der Waals surface area contributed by atoms with Crippen molar-refractivity contribution in [2.75, 3.05) is 23.3 Å². The second kappa shape index (κ2) is 8.05. The van der Waals surface area contributed by atoms with E-state index in [-0.39, 0.29) is 12.3 Å². The van der Waals surface area contributed by atoms with E-state index in [1.807, 2.05) is 24.3 Å². The normalized spacial score (nSPS) is 11.2. The Morgan fingerprint density at radius 3 is 2.00 bits per heavy atom. The van der Waals surface area contributed by atoms with Crippen molar-refractivity contribution >= 4 is 17.3 Å². The van der Waals surface area contributed by atoms with Gasteiger partial charge in [0.2, 0.25) is 5.91 Å². The average molecular weight is 350 g/mol. The lowest BCUT2D eigenvalue weighted by Gasteiger charge is -2.21. The van der Waals surface area contributed by atoms with Gasteiger partial charge in [-0.2, -0.15) is 13.2 Å². The molecule has 0 radical (unpaired) electrons. The Morgan fingerprint density at radius 2 is 1.52 bits per heavy atom. The molecule has 0 bridgehead atoms. The van der Waals surface area contributed by atoms with E-state index in [1.165, 1.54) is 12.1 Å². The molecule has 134 valence electrons. The SMILES string of the molecule is CCN(CC)c1ccc(NC(=O)Cc2ccc(C(F)(F)F)cc2)cc1. The van der Waals surface area contributed by atoms with Crippen molar-refractivity contribution in [3.63, 3.8) is 0 Å². The van der Waals surface area contributed by atoms with E-state index in [4.69, 9.17) is 0 Å². The molecule has 0 saturated heterocycles. The van der Waals surface area contributed by atoms with E-state index in [9.17, 15) is 18.0 Å². The zero-order valence-corrected chi connectivity index (χ0v) is 14.2. The highest BCUT2D eigenvalue weighted by Crippen LogP contribution is 2.29. The quantitative estimate of drug-likeness (QED) is 0.817. The molecule has 0 aliphatic heterocycles. The second-order valence-corrected chi connectivity index (χ2v) is 5.64. The molecule has 6 heteroatoms. The molecule has 0 fully saturated rings. The minimum absolute atomic E-state index is 0.0237. The molecule has 0 aliphatic carbocycles. The van der Waals surface area contributed by atoms with Crippen LogP contribution in [-0.4, -0.2) is 19.0 Å². The van der Waals surface area contributed by atoms with Gasteiger partial charge in [-0.05, 0) is 55.8 Å². The summed E-state index contributed by atoms with van der Waals surface area (Å²) >= 11 is 0. The lowest BCUT2D eigenvalue weighted by molar-refractivity contribution is -0.137. The number of rotatable bonds is 6. The molecule has 0 spiro atoms. The Kier molecular flexibility index (Phi) is 6.07. The fourth-order valence-corrected chi connectivity index (χ4v) is 2.55. The summed E-state index contributed by atoms with van der Waals surface area (Å²) in [6.45, 7) is 5.94. The Balaban J connectivity index is 1.96. The van der Waals surface area contributed by atoms with Crippen molar-refractivity contribution < 1.29 is 18.0 Å². The van der Waals surface area contributed by atoms with Crippen LogP contribution in [0.4, 0.5) is 24.5 Å². The molecule has 0 unspecified atom stereocenters. The summed E-state index contributed by atoms with van der Waals surface area (Å²) in [5, 5.41) is 2.76. The molecule has 0 aliphatic rings. The maximum atomic E-state index is 12.5. The lowest BCUT2D eigenvalue weighted by Crippen LogP contribution is -2.21. The fraction of sp³-hybridized carbons (Fsp3) is 0.316. The van der Waals surface area contributed by atoms with Gasteiger partial charge < -0.3 is 10.2 Å². The second-order valence-electron chi connectivity index (χ2n) is 5.64. The number of anilines is 2. The molecular formula is C19H21F3N2O. The lowest BCUT2D eigenvalue weighted by atomic mass is 10.1. The number of nitrogens with one attached hydrogen (secondary N) is 1. The van der Waals surface area contributed by atoms with Crippen LogP contribution in [0.3, 0.4) is 0 Å². The van der Waals surface area contributed by atoms with Crippen LogP contribution in [0.25, 0.3) is 0 Å². The molecule has 2 aromatic carbocycles. The van der Waals surface area contributed by atoms with Crippen LogP contribution in [0.2, 0.25) is 0 Å². The number of hydrogen-bond donors (Lipinski definition) is 1. The molecule has 2 aromatic rings. The number of hydrogen-bond acceptors (Lipinski definition) is 2. The summed E-state index contributed by atoms with van der Waals surface area (Å²) in [5.41, 5.74) is 1.55. The van der Waals surface area contributed by atoms with Gasteiger partial charge >= 0.3 is 6.18 Å². The number of carbonyl (C=O) groups excluding carboxylic acids is 1. The van der Waals surface area contributed by atoms with Gasteiger partial charge in [-0.25, -0.2) is 0 Å². The third-order valence-electron chi connectivity index (χ3n) is 3.93. The summed E-state index contributed by atoms with van der Waals surface area (Å²) < 4.78 is 37.6. The third-order valence-corrected chi connectivity index (χ3v) is 3.93. The van der Waals surface area contributed by atoms with Crippen LogP contribution in [-0.2, 0) is 17.4 Å². The van der Waals surface area contributed by atoms with Crippen LogP contribution < -0.4 is 10.2 Å². The number of halogens is 3. The van der Waals surface area contributed by atoms with Gasteiger partial charge in [0.15, 0.2) is 0 Å². The first-order chi connectivity index (χ1) is 11.8. The zero-order valence-electron chi connectivity index (χ0n) is 14.2. The van der Waals surface area contributed by atoms with Gasteiger partial charge in [0.05, 0.1) is 12.0 Å². The van der Waals surface area contributed by atoms with Crippen LogP contribution in [0, 0.1) is 0 Å². The van der Waals surface area contributed by atoms with Crippen LogP contribution >= 0.6 is 0 Å². The smallest absolute Gasteiger partial charge is 0.372 e. The van der Waals surface area contributed by atoms with Crippen molar-refractivity contribution in [1.29, 1.82) is 0 Å². The topological polar surface area (TPSA) is 32.3 Å². The van der Waals surface area contributed by atoms with Crippen LogP contribution in [0.1, 0.15) is 25.0 Å². The van der Waals surface area contributed by atoms with Crippen molar-refractivity contribution in [1.82, 2.24) is 0 Å². The largest absolute Gasteiger partial charge is 0.416 e. The van der Waals surface area contributed by atoms with Crippen molar-refractivity contribution in [2.24, 2.45) is 0 Å². The minimum atomic E-state index is -4.37. The molecule has 2 rings (SSSR count). The van der Waals surface area contributed by atoms with Gasteiger partial charge in [-0.3, -0.25) is 4.79 Å². The van der Waals surface area contributed by atoms with Gasteiger partial charge in [0.25, 0.3) is 0 Å². The summed E-state index contributed by atoms with van der Waals surface area (Å²) in [6, 6.07) is 12.1. The third kappa shape index (κ3) is 5.24. The van der Waals surface area contributed by atoms with E-state index in [2.05, 4.69) is 24.1 Å². The summed E-state index contributed by atoms with van der Waals surface area (Å²) in [7, 11) is 0.